The Hall–Kier alpha value is -2.24. The molecular weight excluding hydrogens is 258 g/mol. The molecule has 6 nitrogen and oxygen atoms in total. The number of anilines is 2. The average Bonchev–Trinajstić information content (AvgIpc) is 2.91. The summed E-state index contributed by atoms with van der Waals surface area (Å²) >= 11 is 0. The van der Waals surface area contributed by atoms with Gasteiger partial charge in [0.15, 0.2) is 0 Å². The van der Waals surface area contributed by atoms with Crippen LogP contribution in [0.2, 0.25) is 0 Å². The van der Waals surface area contributed by atoms with Crippen LogP contribution in [-0.4, -0.2) is 48.6 Å². The lowest BCUT2D eigenvalue weighted by atomic mass is 10.1. The van der Waals surface area contributed by atoms with Crippen molar-refractivity contribution in [3.63, 3.8) is 0 Å². The molecule has 0 aromatic heterocycles. The van der Waals surface area contributed by atoms with Crippen molar-refractivity contribution in [2.24, 2.45) is 0 Å². The van der Waals surface area contributed by atoms with E-state index in [0.29, 0.717) is 11.4 Å². The number of likely N-dealkylation sites (tertiary alicyclic amines) is 1. The molecule has 1 saturated heterocycles. The summed E-state index contributed by atoms with van der Waals surface area (Å²) in [5.74, 6) is -1.04. The summed E-state index contributed by atoms with van der Waals surface area (Å²) in [6, 6.07) is 4.72. The first-order valence-corrected chi connectivity index (χ1v) is 6.61. The molecule has 20 heavy (non-hydrogen) atoms. The predicted molar refractivity (Wildman–Crippen MR) is 76.9 cm³/mol. The van der Waals surface area contributed by atoms with E-state index in [1.165, 1.54) is 6.07 Å². The quantitative estimate of drug-likeness (QED) is 0.803. The van der Waals surface area contributed by atoms with Crippen molar-refractivity contribution in [3.8, 4) is 0 Å². The van der Waals surface area contributed by atoms with Crippen LogP contribution in [0, 0.1) is 0 Å². The van der Waals surface area contributed by atoms with Gasteiger partial charge in [-0.3, -0.25) is 4.79 Å². The van der Waals surface area contributed by atoms with Gasteiger partial charge in [-0.25, -0.2) is 4.79 Å². The first kappa shape index (κ1) is 14.2. The molecule has 1 heterocycles. The van der Waals surface area contributed by atoms with Crippen LogP contribution in [0.5, 0.6) is 0 Å². The zero-order chi connectivity index (χ0) is 14.7. The molecule has 1 aliphatic rings. The Balaban J connectivity index is 2.18. The van der Waals surface area contributed by atoms with Crippen molar-refractivity contribution < 1.29 is 14.7 Å². The molecule has 2 rings (SSSR count). The first-order valence-electron chi connectivity index (χ1n) is 6.61. The molecular formula is C14H19N3O3. The van der Waals surface area contributed by atoms with Crippen molar-refractivity contribution in [2.45, 2.75) is 12.8 Å². The van der Waals surface area contributed by atoms with Crippen molar-refractivity contribution in [1.29, 1.82) is 0 Å². The number of carbonyl (C=O) groups excluding carboxylic acids is 1. The second-order valence-corrected chi connectivity index (χ2v) is 4.99. The summed E-state index contributed by atoms with van der Waals surface area (Å²) in [6.07, 6.45) is 2.06. The SMILES string of the molecule is CN(CC(=O)N1CCCC1)c1c(N)cccc1C(=O)O. The Morgan fingerprint density at radius 2 is 2.00 bits per heavy atom. The molecule has 0 unspecified atom stereocenters. The summed E-state index contributed by atoms with van der Waals surface area (Å²) < 4.78 is 0. The lowest BCUT2D eigenvalue weighted by Gasteiger charge is -2.25. The highest BCUT2D eigenvalue weighted by molar-refractivity contribution is 5.98. The standard InChI is InChI=1S/C14H19N3O3/c1-16(9-12(18)17-7-2-3-8-17)13-10(14(19)20)5-4-6-11(13)15/h4-6H,2-3,7-9,15H2,1H3,(H,19,20). The van der Waals surface area contributed by atoms with Crippen LogP contribution in [0.25, 0.3) is 0 Å². The zero-order valence-electron chi connectivity index (χ0n) is 11.5. The third-order valence-electron chi connectivity index (χ3n) is 3.51. The normalized spacial score (nSPS) is 14.3. The second-order valence-electron chi connectivity index (χ2n) is 4.99. The number of nitrogens with zero attached hydrogens (tertiary/aromatic N) is 2. The lowest BCUT2D eigenvalue weighted by molar-refractivity contribution is -0.128. The molecule has 6 heteroatoms. The molecule has 0 radical (unpaired) electrons. The van der Waals surface area contributed by atoms with E-state index < -0.39 is 5.97 Å². The highest BCUT2D eigenvalue weighted by atomic mass is 16.4. The molecule has 1 aliphatic heterocycles. The lowest BCUT2D eigenvalue weighted by Crippen LogP contribution is -2.38. The van der Waals surface area contributed by atoms with E-state index in [1.54, 1.807) is 29.0 Å². The minimum absolute atomic E-state index is 0.00425. The van der Waals surface area contributed by atoms with Gasteiger partial charge >= 0.3 is 5.97 Å². The molecule has 1 fully saturated rings. The highest BCUT2D eigenvalue weighted by Gasteiger charge is 2.22. The number of carboxylic acid groups (broad SMARTS) is 1. The third kappa shape index (κ3) is 2.84. The van der Waals surface area contributed by atoms with Crippen molar-refractivity contribution in [1.82, 2.24) is 4.90 Å². The summed E-state index contributed by atoms with van der Waals surface area (Å²) in [6.45, 7) is 1.69. The number of nitrogen functional groups attached to an aromatic ring is 1. The number of amides is 1. The highest BCUT2D eigenvalue weighted by Crippen LogP contribution is 2.27. The van der Waals surface area contributed by atoms with Crippen LogP contribution in [0.3, 0.4) is 0 Å². The molecule has 0 spiro atoms. The largest absolute Gasteiger partial charge is 0.478 e. The maximum atomic E-state index is 12.1. The minimum atomic E-state index is -1.05. The van der Waals surface area contributed by atoms with Crippen LogP contribution < -0.4 is 10.6 Å². The van der Waals surface area contributed by atoms with Crippen LogP contribution in [0.15, 0.2) is 18.2 Å². The summed E-state index contributed by atoms with van der Waals surface area (Å²) in [4.78, 5) is 26.8. The maximum Gasteiger partial charge on any atom is 0.337 e. The Bertz CT molecular complexity index is 524. The third-order valence-corrected chi connectivity index (χ3v) is 3.51. The smallest absolute Gasteiger partial charge is 0.337 e. The Morgan fingerprint density at radius 3 is 2.60 bits per heavy atom. The van der Waals surface area contributed by atoms with Gasteiger partial charge in [-0.2, -0.15) is 0 Å². The van der Waals surface area contributed by atoms with E-state index in [2.05, 4.69) is 0 Å². The van der Waals surface area contributed by atoms with Crippen molar-refractivity contribution in [2.75, 3.05) is 37.3 Å². The van der Waals surface area contributed by atoms with E-state index in [0.717, 1.165) is 25.9 Å². The monoisotopic (exact) mass is 277 g/mol. The van der Waals surface area contributed by atoms with Gasteiger partial charge in [0, 0.05) is 20.1 Å². The summed E-state index contributed by atoms with van der Waals surface area (Å²) in [5, 5.41) is 9.21. The molecule has 1 amide bonds. The number of benzene rings is 1. The van der Waals surface area contributed by atoms with Crippen LogP contribution in [0.4, 0.5) is 11.4 Å². The fourth-order valence-electron chi connectivity index (χ4n) is 2.51. The van der Waals surface area contributed by atoms with Crippen LogP contribution in [-0.2, 0) is 4.79 Å². The van der Waals surface area contributed by atoms with Crippen LogP contribution >= 0.6 is 0 Å². The van der Waals surface area contributed by atoms with Gasteiger partial charge in [-0.15, -0.1) is 0 Å². The van der Waals surface area contributed by atoms with Gasteiger partial charge in [0.05, 0.1) is 23.5 Å². The number of hydrogen-bond acceptors (Lipinski definition) is 4. The number of aromatic carboxylic acids is 1. The van der Waals surface area contributed by atoms with E-state index in [4.69, 9.17) is 5.73 Å². The number of para-hydroxylation sites is 1. The van der Waals surface area contributed by atoms with Gasteiger partial charge in [0.1, 0.15) is 0 Å². The van der Waals surface area contributed by atoms with E-state index in [1.807, 2.05) is 0 Å². The fraction of sp³-hybridized carbons (Fsp3) is 0.429. The molecule has 1 aromatic rings. The Morgan fingerprint density at radius 1 is 1.35 bits per heavy atom. The van der Waals surface area contributed by atoms with Gasteiger partial charge in [-0.05, 0) is 25.0 Å². The van der Waals surface area contributed by atoms with Gasteiger partial charge in [0.2, 0.25) is 5.91 Å². The number of nitrogens with two attached hydrogens (primary N) is 1. The summed E-state index contributed by atoms with van der Waals surface area (Å²) in [7, 11) is 1.69. The second kappa shape index (κ2) is 5.81. The van der Waals surface area contributed by atoms with Crippen molar-refractivity contribution in [3.05, 3.63) is 23.8 Å². The average molecular weight is 277 g/mol. The van der Waals surface area contributed by atoms with Gasteiger partial charge in [-0.1, -0.05) is 6.07 Å². The van der Waals surface area contributed by atoms with E-state index in [-0.39, 0.29) is 18.0 Å². The first-order chi connectivity index (χ1) is 9.50. The molecule has 0 aliphatic carbocycles. The number of rotatable bonds is 4. The molecule has 3 N–H and O–H groups in total. The topological polar surface area (TPSA) is 86.9 Å². The number of carboxylic acids is 1. The Labute approximate surface area is 117 Å². The molecule has 108 valence electrons. The van der Waals surface area contributed by atoms with E-state index in [9.17, 15) is 14.7 Å². The zero-order valence-corrected chi connectivity index (χ0v) is 11.5. The Kier molecular flexibility index (Phi) is 4.12. The summed E-state index contributed by atoms with van der Waals surface area (Å²) in [5.41, 5.74) is 6.73. The molecule has 0 bridgehead atoms. The molecule has 0 saturated carbocycles. The van der Waals surface area contributed by atoms with Crippen LogP contribution in [0.1, 0.15) is 23.2 Å². The minimum Gasteiger partial charge on any atom is -0.478 e. The van der Waals surface area contributed by atoms with Crippen molar-refractivity contribution >= 4 is 23.3 Å². The number of likely N-dealkylation sites (N-methyl/N-ethyl adjacent to an activating group) is 1. The maximum absolute atomic E-state index is 12.1. The molecule has 0 atom stereocenters. The fourth-order valence-corrected chi connectivity index (χ4v) is 2.51. The van der Waals surface area contributed by atoms with Gasteiger partial charge in [0.25, 0.3) is 0 Å². The predicted octanol–water partition coefficient (Wildman–Crippen LogP) is 1.03. The number of hydrogen-bond donors (Lipinski definition) is 2. The number of carbonyl (C=O) groups is 2. The molecule has 1 aromatic carbocycles. The van der Waals surface area contributed by atoms with Gasteiger partial charge < -0.3 is 20.6 Å². The van der Waals surface area contributed by atoms with E-state index >= 15 is 0 Å².